The Morgan fingerprint density at radius 2 is 1.60 bits per heavy atom. The van der Waals surface area contributed by atoms with E-state index in [1.807, 2.05) is 30.3 Å². The molecule has 0 aliphatic heterocycles. The number of hydrogen-bond acceptors (Lipinski definition) is 4. The van der Waals surface area contributed by atoms with Crippen LogP contribution < -0.4 is 10.1 Å². The van der Waals surface area contributed by atoms with E-state index in [1.54, 1.807) is 36.4 Å². The summed E-state index contributed by atoms with van der Waals surface area (Å²) in [6, 6.07) is 22.0. The molecule has 0 bridgehead atoms. The van der Waals surface area contributed by atoms with Gasteiger partial charge in [-0.05, 0) is 54.1 Å². The van der Waals surface area contributed by atoms with Gasteiger partial charge in [-0.15, -0.1) is 0 Å². The van der Waals surface area contributed by atoms with Crippen LogP contribution in [0.15, 0.2) is 83.8 Å². The summed E-state index contributed by atoms with van der Waals surface area (Å²) in [5, 5.41) is 3.25. The van der Waals surface area contributed by atoms with Crippen molar-refractivity contribution in [1.82, 2.24) is 4.31 Å². The summed E-state index contributed by atoms with van der Waals surface area (Å²) in [6.07, 6.45) is 0. The summed E-state index contributed by atoms with van der Waals surface area (Å²) >= 11 is 5.81. The maximum Gasteiger partial charge on any atom is 0.262 e. The Hall–Kier alpha value is -2.87. The van der Waals surface area contributed by atoms with Gasteiger partial charge in [0.05, 0.1) is 4.90 Å². The number of amides is 1. The summed E-state index contributed by atoms with van der Waals surface area (Å²) < 4.78 is 32.2. The molecule has 1 N–H and O–H groups in total. The van der Waals surface area contributed by atoms with Crippen LogP contribution in [0, 0.1) is 0 Å². The minimum atomic E-state index is -3.65. The van der Waals surface area contributed by atoms with Crippen molar-refractivity contribution in [1.29, 1.82) is 0 Å². The first kappa shape index (κ1) is 21.8. The predicted molar refractivity (Wildman–Crippen MR) is 117 cm³/mol. The minimum Gasteiger partial charge on any atom is -0.484 e. The van der Waals surface area contributed by atoms with Gasteiger partial charge in [-0.3, -0.25) is 4.79 Å². The van der Waals surface area contributed by atoms with Crippen LogP contribution in [0.3, 0.4) is 0 Å². The lowest BCUT2D eigenvalue weighted by atomic mass is 10.2. The maximum atomic E-state index is 12.8. The smallest absolute Gasteiger partial charge is 0.262 e. The van der Waals surface area contributed by atoms with Crippen molar-refractivity contribution >= 4 is 33.2 Å². The fourth-order valence-electron chi connectivity index (χ4n) is 2.69. The second-order valence-corrected chi connectivity index (χ2v) is 9.04. The first-order valence-corrected chi connectivity index (χ1v) is 10.9. The van der Waals surface area contributed by atoms with E-state index in [2.05, 4.69) is 5.32 Å². The molecule has 3 aromatic carbocycles. The molecule has 0 aliphatic carbocycles. The van der Waals surface area contributed by atoms with E-state index in [0.717, 1.165) is 5.56 Å². The van der Waals surface area contributed by atoms with Crippen LogP contribution >= 0.6 is 11.6 Å². The molecular formula is C22H21ClN2O4S. The lowest BCUT2D eigenvalue weighted by molar-refractivity contribution is -0.118. The molecule has 0 saturated carbocycles. The molecule has 0 spiro atoms. The number of carbonyl (C=O) groups is 1. The average molecular weight is 445 g/mol. The molecule has 0 aromatic heterocycles. The molecule has 3 rings (SSSR count). The van der Waals surface area contributed by atoms with Gasteiger partial charge in [-0.25, -0.2) is 8.42 Å². The number of rotatable bonds is 8. The van der Waals surface area contributed by atoms with Crippen LogP contribution in [0.25, 0.3) is 0 Å². The number of halogens is 1. The summed E-state index contributed by atoms with van der Waals surface area (Å²) in [7, 11) is -2.11. The van der Waals surface area contributed by atoms with E-state index in [0.29, 0.717) is 16.5 Å². The van der Waals surface area contributed by atoms with E-state index >= 15 is 0 Å². The zero-order valence-corrected chi connectivity index (χ0v) is 17.9. The molecule has 156 valence electrons. The number of hydrogen-bond donors (Lipinski definition) is 1. The fourth-order valence-corrected chi connectivity index (χ4v) is 3.98. The molecule has 0 aliphatic rings. The van der Waals surface area contributed by atoms with E-state index in [1.165, 1.54) is 23.5 Å². The average Bonchev–Trinajstić information content (AvgIpc) is 2.74. The lowest BCUT2D eigenvalue weighted by Crippen LogP contribution is -2.26. The van der Waals surface area contributed by atoms with Crippen molar-refractivity contribution in [2.75, 3.05) is 19.0 Å². The summed E-state index contributed by atoms with van der Waals surface area (Å²) in [5.41, 5.74) is 1.37. The number of sulfonamides is 1. The monoisotopic (exact) mass is 444 g/mol. The van der Waals surface area contributed by atoms with Gasteiger partial charge in [0.2, 0.25) is 10.0 Å². The van der Waals surface area contributed by atoms with Crippen molar-refractivity contribution in [3.8, 4) is 5.75 Å². The minimum absolute atomic E-state index is 0.149. The first-order chi connectivity index (χ1) is 14.3. The summed E-state index contributed by atoms with van der Waals surface area (Å²) in [6.45, 7) is 0.0885. The van der Waals surface area contributed by atoms with Crippen LogP contribution in [0.1, 0.15) is 5.56 Å². The number of ether oxygens (including phenoxy) is 1. The van der Waals surface area contributed by atoms with E-state index in [9.17, 15) is 13.2 Å². The standard InChI is InChI=1S/C22H21ClN2O4S/c1-25(15-17-5-3-2-4-6-17)30(27,28)21-13-9-19(10-14-21)24-22(26)16-29-20-11-7-18(23)8-12-20/h2-14H,15-16H2,1H3,(H,24,26). The molecule has 0 fully saturated rings. The van der Waals surface area contributed by atoms with Crippen LogP contribution in [-0.4, -0.2) is 32.3 Å². The Labute approximate surface area is 181 Å². The highest BCUT2D eigenvalue weighted by molar-refractivity contribution is 7.89. The molecule has 8 heteroatoms. The molecule has 0 atom stereocenters. The molecule has 0 unspecified atom stereocenters. The fraction of sp³-hybridized carbons (Fsp3) is 0.136. The van der Waals surface area contributed by atoms with Gasteiger partial charge in [0.1, 0.15) is 5.75 Å². The Balaban J connectivity index is 1.58. The van der Waals surface area contributed by atoms with Crippen molar-refractivity contribution in [3.63, 3.8) is 0 Å². The van der Waals surface area contributed by atoms with Crippen molar-refractivity contribution in [2.24, 2.45) is 0 Å². The van der Waals surface area contributed by atoms with Crippen LogP contribution in [0.4, 0.5) is 5.69 Å². The topological polar surface area (TPSA) is 75.7 Å². The second-order valence-electron chi connectivity index (χ2n) is 6.56. The van der Waals surface area contributed by atoms with Gasteiger partial charge < -0.3 is 10.1 Å². The number of nitrogens with one attached hydrogen (secondary N) is 1. The molecule has 1 amide bonds. The quantitative estimate of drug-likeness (QED) is 0.565. The number of nitrogens with zero attached hydrogens (tertiary/aromatic N) is 1. The highest BCUT2D eigenvalue weighted by atomic mass is 35.5. The Kier molecular flexibility index (Phi) is 7.10. The Morgan fingerprint density at radius 1 is 0.967 bits per heavy atom. The molecule has 3 aromatic rings. The van der Waals surface area contributed by atoms with Gasteiger partial charge in [0.15, 0.2) is 6.61 Å². The SMILES string of the molecule is CN(Cc1ccccc1)S(=O)(=O)c1ccc(NC(=O)COc2ccc(Cl)cc2)cc1. The first-order valence-electron chi connectivity index (χ1n) is 9.13. The highest BCUT2D eigenvalue weighted by Gasteiger charge is 2.20. The zero-order valence-electron chi connectivity index (χ0n) is 16.3. The van der Waals surface area contributed by atoms with Crippen molar-refractivity contribution < 1.29 is 17.9 Å². The van der Waals surface area contributed by atoms with Gasteiger partial charge in [-0.2, -0.15) is 4.31 Å². The van der Waals surface area contributed by atoms with Gasteiger partial charge in [0.25, 0.3) is 5.91 Å². The third-order valence-electron chi connectivity index (χ3n) is 4.28. The van der Waals surface area contributed by atoms with Gasteiger partial charge >= 0.3 is 0 Å². The van der Waals surface area contributed by atoms with Gasteiger partial charge in [0, 0.05) is 24.3 Å². The van der Waals surface area contributed by atoms with Crippen molar-refractivity contribution in [2.45, 2.75) is 11.4 Å². The normalized spacial score (nSPS) is 11.3. The molecule has 0 radical (unpaired) electrons. The predicted octanol–water partition coefficient (Wildman–Crippen LogP) is 4.18. The van der Waals surface area contributed by atoms with Crippen LogP contribution in [-0.2, 0) is 21.4 Å². The number of benzene rings is 3. The number of carbonyl (C=O) groups excluding carboxylic acids is 1. The molecular weight excluding hydrogens is 424 g/mol. The summed E-state index contributed by atoms with van der Waals surface area (Å²) in [5.74, 6) is 0.166. The van der Waals surface area contributed by atoms with Crippen molar-refractivity contribution in [3.05, 3.63) is 89.4 Å². The molecule has 6 nitrogen and oxygen atoms in total. The largest absolute Gasteiger partial charge is 0.484 e. The molecule has 0 saturated heterocycles. The zero-order chi connectivity index (χ0) is 21.6. The second kappa shape index (κ2) is 9.75. The van der Waals surface area contributed by atoms with Crippen LogP contribution in [0.2, 0.25) is 5.02 Å². The Bertz CT molecular complexity index is 1090. The third kappa shape index (κ3) is 5.82. The molecule has 30 heavy (non-hydrogen) atoms. The lowest BCUT2D eigenvalue weighted by Gasteiger charge is -2.17. The van der Waals surface area contributed by atoms with Gasteiger partial charge in [-0.1, -0.05) is 41.9 Å². The molecule has 0 heterocycles. The van der Waals surface area contributed by atoms with Crippen LogP contribution in [0.5, 0.6) is 5.75 Å². The highest BCUT2D eigenvalue weighted by Crippen LogP contribution is 2.20. The number of anilines is 1. The van der Waals surface area contributed by atoms with E-state index in [-0.39, 0.29) is 24.0 Å². The third-order valence-corrected chi connectivity index (χ3v) is 6.35. The van der Waals surface area contributed by atoms with E-state index in [4.69, 9.17) is 16.3 Å². The Morgan fingerprint density at radius 3 is 2.23 bits per heavy atom. The summed E-state index contributed by atoms with van der Waals surface area (Å²) in [4.78, 5) is 12.2. The van der Waals surface area contributed by atoms with E-state index < -0.39 is 10.0 Å². The maximum absolute atomic E-state index is 12.8.